The lowest BCUT2D eigenvalue weighted by molar-refractivity contribution is 0.0609. The first-order valence-corrected chi connectivity index (χ1v) is 9.81. The van der Waals surface area contributed by atoms with E-state index in [1.807, 2.05) is 42.3 Å². The number of likely N-dealkylation sites (tertiary alicyclic amines) is 1. The van der Waals surface area contributed by atoms with Gasteiger partial charge in [-0.15, -0.1) is 0 Å². The van der Waals surface area contributed by atoms with Crippen LogP contribution in [0, 0.1) is 12.8 Å². The number of carbonyl (C=O) groups excluding carboxylic acids is 1. The largest absolute Gasteiger partial charge is 0.361 e. The quantitative estimate of drug-likeness (QED) is 0.763. The van der Waals surface area contributed by atoms with Crippen molar-refractivity contribution in [3.05, 3.63) is 47.7 Å². The molecule has 6 heteroatoms. The number of hydrogen-bond donors (Lipinski definition) is 1. The van der Waals surface area contributed by atoms with Crippen molar-refractivity contribution < 1.29 is 9.32 Å². The molecule has 3 aromatic rings. The van der Waals surface area contributed by atoms with Gasteiger partial charge in [0.1, 0.15) is 0 Å². The van der Waals surface area contributed by atoms with Crippen LogP contribution in [0.5, 0.6) is 0 Å². The van der Waals surface area contributed by atoms with E-state index in [0.717, 1.165) is 54.0 Å². The minimum Gasteiger partial charge on any atom is -0.361 e. The standard InChI is InChI=1S/C21H24N4O2/c1-14-23-20(24-27-14)21(12-15-6-7-15)9-3-11-25(13-21)19(26)17-4-2-5-18-16(17)8-10-22-18/h2,4-5,8,10,15,22H,3,6-7,9,11-13H2,1H3. The molecule has 1 N–H and O–H groups in total. The molecule has 3 heterocycles. The number of aromatic nitrogens is 3. The van der Waals surface area contributed by atoms with Gasteiger partial charge < -0.3 is 14.4 Å². The lowest BCUT2D eigenvalue weighted by Gasteiger charge is -2.41. The Morgan fingerprint density at radius 3 is 3.04 bits per heavy atom. The molecule has 1 atom stereocenters. The average Bonchev–Trinajstić information content (AvgIpc) is 3.17. The molecule has 6 nitrogen and oxygen atoms in total. The van der Waals surface area contributed by atoms with Crippen LogP contribution in [0.15, 0.2) is 35.0 Å². The van der Waals surface area contributed by atoms with E-state index in [0.29, 0.717) is 12.4 Å². The molecule has 1 unspecified atom stereocenters. The molecule has 27 heavy (non-hydrogen) atoms. The van der Waals surface area contributed by atoms with E-state index in [1.165, 1.54) is 12.8 Å². The molecule has 0 spiro atoms. The molecule has 1 saturated heterocycles. The Morgan fingerprint density at radius 2 is 2.26 bits per heavy atom. The summed E-state index contributed by atoms with van der Waals surface area (Å²) in [5.74, 6) is 2.21. The molecule has 1 aromatic carbocycles. The molecule has 0 radical (unpaired) electrons. The summed E-state index contributed by atoms with van der Waals surface area (Å²) in [5, 5.41) is 5.25. The molecular weight excluding hydrogens is 340 g/mol. The van der Waals surface area contributed by atoms with Gasteiger partial charge in [-0.05, 0) is 43.4 Å². The SMILES string of the molecule is Cc1nc(C2(CC3CC3)CCCN(C(=O)c3cccc4[nH]ccc34)C2)no1. The van der Waals surface area contributed by atoms with Gasteiger partial charge in [-0.2, -0.15) is 4.98 Å². The van der Waals surface area contributed by atoms with Crippen molar-refractivity contribution in [2.24, 2.45) is 5.92 Å². The number of carbonyl (C=O) groups is 1. The number of piperidine rings is 1. The molecular formula is C21H24N4O2. The van der Waals surface area contributed by atoms with Crippen LogP contribution in [0.1, 0.15) is 54.2 Å². The van der Waals surface area contributed by atoms with Gasteiger partial charge >= 0.3 is 0 Å². The van der Waals surface area contributed by atoms with Gasteiger partial charge in [0.2, 0.25) is 5.89 Å². The van der Waals surface area contributed by atoms with Crippen LogP contribution in [-0.2, 0) is 5.41 Å². The van der Waals surface area contributed by atoms with Gasteiger partial charge in [-0.1, -0.05) is 24.1 Å². The number of hydrogen-bond acceptors (Lipinski definition) is 4. The van der Waals surface area contributed by atoms with Crippen molar-refractivity contribution in [2.45, 2.75) is 44.4 Å². The van der Waals surface area contributed by atoms with E-state index in [4.69, 9.17) is 4.52 Å². The zero-order chi connectivity index (χ0) is 18.4. The molecule has 0 bridgehead atoms. The Balaban J connectivity index is 1.48. The molecule has 2 aliphatic rings. The Labute approximate surface area is 157 Å². The third-order valence-corrected chi connectivity index (χ3v) is 6.07. The van der Waals surface area contributed by atoms with E-state index in [1.54, 1.807) is 0 Å². The fourth-order valence-corrected chi connectivity index (χ4v) is 4.58. The Morgan fingerprint density at radius 1 is 1.37 bits per heavy atom. The van der Waals surface area contributed by atoms with Crippen LogP contribution in [0.3, 0.4) is 0 Å². The maximum Gasteiger partial charge on any atom is 0.254 e. The van der Waals surface area contributed by atoms with Crippen molar-refractivity contribution in [3.8, 4) is 0 Å². The van der Waals surface area contributed by atoms with E-state index in [-0.39, 0.29) is 11.3 Å². The predicted octanol–water partition coefficient (Wildman–Crippen LogP) is 3.83. The lowest BCUT2D eigenvalue weighted by Crippen LogP contribution is -2.49. The topological polar surface area (TPSA) is 75.0 Å². The number of rotatable bonds is 4. The summed E-state index contributed by atoms with van der Waals surface area (Å²) in [6.07, 6.45) is 7.46. The van der Waals surface area contributed by atoms with Crippen LogP contribution < -0.4 is 0 Å². The van der Waals surface area contributed by atoms with E-state index in [2.05, 4.69) is 15.1 Å². The van der Waals surface area contributed by atoms with E-state index < -0.39 is 0 Å². The second-order valence-corrected chi connectivity index (χ2v) is 8.14. The van der Waals surface area contributed by atoms with Crippen molar-refractivity contribution in [1.82, 2.24) is 20.0 Å². The Hall–Kier alpha value is -2.63. The van der Waals surface area contributed by atoms with Crippen molar-refractivity contribution in [1.29, 1.82) is 0 Å². The molecule has 140 valence electrons. The van der Waals surface area contributed by atoms with Crippen LogP contribution in [0.2, 0.25) is 0 Å². The molecule has 1 amide bonds. The number of amides is 1. The van der Waals surface area contributed by atoms with Crippen LogP contribution in [0.25, 0.3) is 10.9 Å². The van der Waals surface area contributed by atoms with Gasteiger partial charge in [-0.3, -0.25) is 4.79 Å². The smallest absolute Gasteiger partial charge is 0.254 e. The molecule has 5 rings (SSSR count). The van der Waals surface area contributed by atoms with Crippen LogP contribution in [0.4, 0.5) is 0 Å². The number of benzene rings is 1. The average molecular weight is 364 g/mol. The first-order chi connectivity index (χ1) is 13.1. The minimum atomic E-state index is -0.182. The summed E-state index contributed by atoms with van der Waals surface area (Å²) in [6, 6.07) is 7.85. The fourth-order valence-electron chi connectivity index (χ4n) is 4.58. The number of fused-ring (bicyclic) bond motifs is 1. The van der Waals surface area contributed by atoms with Crippen molar-refractivity contribution in [3.63, 3.8) is 0 Å². The highest BCUT2D eigenvalue weighted by atomic mass is 16.5. The Kier molecular flexibility index (Phi) is 3.81. The number of nitrogens with one attached hydrogen (secondary N) is 1. The highest BCUT2D eigenvalue weighted by Gasteiger charge is 2.45. The summed E-state index contributed by atoms with van der Waals surface area (Å²) in [4.78, 5) is 23.2. The minimum absolute atomic E-state index is 0.0975. The third kappa shape index (κ3) is 2.93. The van der Waals surface area contributed by atoms with Gasteiger partial charge in [0.25, 0.3) is 5.91 Å². The third-order valence-electron chi connectivity index (χ3n) is 6.07. The van der Waals surface area contributed by atoms with Gasteiger partial charge in [0.15, 0.2) is 5.82 Å². The zero-order valence-corrected chi connectivity index (χ0v) is 15.6. The monoisotopic (exact) mass is 364 g/mol. The normalized spacial score (nSPS) is 23.1. The molecule has 2 aromatic heterocycles. The lowest BCUT2D eigenvalue weighted by atomic mass is 9.74. The Bertz CT molecular complexity index is 987. The van der Waals surface area contributed by atoms with E-state index in [9.17, 15) is 4.79 Å². The number of nitrogens with zero attached hydrogens (tertiary/aromatic N) is 3. The van der Waals surface area contributed by atoms with Crippen molar-refractivity contribution >= 4 is 16.8 Å². The van der Waals surface area contributed by atoms with Crippen LogP contribution >= 0.6 is 0 Å². The molecule has 2 fully saturated rings. The van der Waals surface area contributed by atoms with Gasteiger partial charge in [0.05, 0.1) is 5.41 Å². The summed E-state index contributed by atoms with van der Waals surface area (Å²) < 4.78 is 5.30. The highest BCUT2D eigenvalue weighted by molar-refractivity contribution is 6.06. The number of aromatic amines is 1. The number of H-pyrrole nitrogens is 1. The van der Waals surface area contributed by atoms with E-state index >= 15 is 0 Å². The first-order valence-electron chi connectivity index (χ1n) is 9.81. The van der Waals surface area contributed by atoms with Gasteiger partial charge in [0, 0.05) is 42.7 Å². The first kappa shape index (κ1) is 16.5. The zero-order valence-electron chi connectivity index (χ0n) is 15.6. The molecule has 1 aliphatic carbocycles. The maximum atomic E-state index is 13.4. The summed E-state index contributed by atoms with van der Waals surface area (Å²) in [5.41, 5.74) is 1.58. The second kappa shape index (κ2) is 6.22. The number of aryl methyl sites for hydroxylation is 1. The summed E-state index contributed by atoms with van der Waals surface area (Å²) in [7, 11) is 0. The second-order valence-electron chi connectivity index (χ2n) is 8.14. The maximum absolute atomic E-state index is 13.4. The molecule has 1 saturated carbocycles. The van der Waals surface area contributed by atoms with Gasteiger partial charge in [-0.25, -0.2) is 0 Å². The fraction of sp³-hybridized carbons (Fsp3) is 0.476. The summed E-state index contributed by atoms with van der Waals surface area (Å²) >= 11 is 0. The highest BCUT2D eigenvalue weighted by Crippen LogP contribution is 2.45. The predicted molar refractivity (Wildman–Crippen MR) is 101 cm³/mol. The summed E-state index contributed by atoms with van der Waals surface area (Å²) in [6.45, 7) is 3.28. The molecule has 1 aliphatic heterocycles. The van der Waals surface area contributed by atoms with Crippen molar-refractivity contribution in [2.75, 3.05) is 13.1 Å². The van der Waals surface area contributed by atoms with Crippen LogP contribution in [-0.4, -0.2) is 39.0 Å².